The first-order valence-corrected chi connectivity index (χ1v) is 16.8. The minimum atomic E-state index is -0.169. The average Bonchev–Trinajstić information content (AvgIpc) is 3.00. The molecule has 1 aromatic heterocycles. The lowest BCUT2D eigenvalue weighted by atomic mass is 9.95. The van der Waals surface area contributed by atoms with Crippen LogP contribution >= 0.6 is 11.8 Å². The van der Waals surface area contributed by atoms with Crippen LogP contribution in [0.1, 0.15) is 70.9 Å². The molecule has 0 aliphatic carbocycles. The second kappa shape index (κ2) is 14.1. The molecule has 230 valence electrons. The van der Waals surface area contributed by atoms with E-state index in [1.807, 2.05) is 37.7 Å². The third-order valence-electron chi connectivity index (χ3n) is 9.08. The highest BCUT2D eigenvalue weighted by atomic mass is 32.2. The summed E-state index contributed by atoms with van der Waals surface area (Å²) in [6.45, 7) is 11.8. The second-order valence-electron chi connectivity index (χ2n) is 12.1. The van der Waals surface area contributed by atoms with Gasteiger partial charge in [0.2, 0.25) is 0 Å². The zero-order valence-corrected chi connectivity index (χ0v) is 26.9. The molecule has 2 aliphatic rings. The number of benzene rings is 2. The Kier molecular flexibility index (Phi) is 10.3. The van der Waals surface area contributed by atoms with Crippen LogP contribution in [0.2, 0.25) is 0 Å². The van der Waals surface area contributed by atoms with E-state index in [0.717, 1.165) is 97.0 Å². The number of aromatic nitrogens is 1. The van der Waals surface area contributed by atoms with Crippen molar-refractivity contribution >= 4 is 23.4 Å². The highest BCUT2D eigenvalue weighted by molar-refractivity contribution is 7.99. The number of aryl methyl sites for hydroxylation is 2. The Morgan fingerprint density at radius 3 is 2.37 bits per heavy atom. The first kappa shape index (κ1) is 31.4. The number of hydrogen-bond acceptors (Lipinski definition) is 6. The minimum absolute atomic E-state index is 0.155. The first-order chi connectivity index (χ1) is 20.7. The van der Waals surface area contributed by atoms with Gasteiger partial charge in [0.05, 0.1) is 6.10 Å². The maximum atomic E-state index is 13.8. The Hall–Kier alpha value is -3.07. The third-order valence-corrected chi connectivity index (χ3v) is 10.1. The Bertz CT molecular complexity index is 1470. The van der Waals surface area contributed by atoms with Crippen LogP contribution in [0.25, 0.3) is 11.1 Å². The van der Waals surface area contributed by atoms with E-state index < -0.39 is 0 Å². The molecule has 3 heterocycles. The first-order valence-electron chi connectivity index (χ1n) is 15.7. The molecule has 2 saturated heterocycles. The number of carbonyl (C=O) groups excluding carboxylic acids is 1. The van der Waals surface area contributed by atoms with Crippen molar-refractivity contribution in [3.05, 3.63) is 86.3 Å². The van der Waals surface area contributed by atoms with E-state index in [1.54, 1.807) is 0 Å². The zero-order valence-electron chi connectivity index (χ0n) is 26.0. The summed E-state index contributed by atoms with van der Waals surface area (Å²) in [5, 5.41) is 12.9. The fourth-order valence-electron chi connectivity index (χ4n) is 6.53. The Balaban J connectivity index is 1.45. The fourth-order valence-corrected chi connectivity index (χ4v) is 7.61. The number of likely N-dealkylation sites (tertiary alicyclic amines) is 1. The van der Waals surface area contributed by atoms with Crippen molar-refractivity contribution in [2.24, 2.45) is 0 Å². The Labute approximate surface area is 260 Å². The maximum absolute atomic E-state index is 13.8. The summed E-state index contributed by atoms with van der Waals surface area (Å²) in [6, 6.07) is 15.3. The number of aliphatic hydroxyl groups is 1. The van der Waals surface area contributed by atoms with E-state index in [-0.39, 0.29) is 24.1 Å². The van der Waals surface area contributed by atoms with Gasteiger partial charge in [-0.1, -0.05) is 24.3 Å². The lowest BCUT2D eigenvalue weighted by Crippen LogP contribution is -2.38. The van der Waals surface area contributed by atoms with Crippen LogP contribution in [-0.2, 0) is 13.1 Å². The van der Waals surface area contributed by atoms with Gasteiger partial charge in [0.1, 0.15) is 0 Å². The third kappa shape index (κ3) is 7.54. The Morgan fingerprint density at radius 2 is 1.72 bits per heavy atom. The van der Waals surface area contributed by atoms with Crippen LogP contribution in [0.15, 0.2) is 47.3 Å². The standard InChI is InChI=1S/C35H46N4O3S/c1-5-39(29-12-16-43-17-13-29)33-20-28(27-8-6-26(7-9-27)22-38-14-10-30(40)11-15-38)19-31(25(33)4)34(41)36-21-32-23(2)18-24(3)37-35(32)42/h6-9,18-20,29-30,40H,5,10-17,21-22H2,1-4H3,(H,36,41)(H,37,42). The van der Waals surface area contributed by atoms with E-state index in [4.69, 9.17) is 0 Å². The van der Waals surface area contributed by atoms with Crippen LogP contribution in [0.5, 0.6) is 0 Å². The van der Waals surface area contributed by atoms with Crippen molar-refractivity contribution in [1.29, 1.82) is 0 Å². The van der Waals surface area contributed by atoms with Gasteiger partial charge in [-0.15, -0.1) is 0 Å². The fraction of sp³-hybridized carbons (Fsp3) is 0.486. The summed E-state index contributed by atoms with van der Waals surface area (Å²) in [4.78, 5) is 34.1. The molecule has 3 N–H and O–H groups in total. The number of piperidine rings is 1. The van der Waals surface area contributed by atoms with Crippen molar-refractivity contribution in [2.75, 3.05) is 36.0 Å². The molecule has 0 radical (unpaired) electrons. The molecular formula is C35H46N4O3S. The molecule has 2 aromatic carbocycles. The predicted octanol–water partition coefficient (Wildman–Crippen LogP) is 5.58. The molecule has 3 aromatic rings. The van der Waals surface area contributed by atoms with Crippen LogP contribution < -0.4 is 15.8 Å². The van der Waals surface area contributed by atoms with Crippen molar-refractivity contribution in [3.8, 4) is 11.1 Å². The monoisotopic (exact) mass is 602 g/mol. The predicted molar refractivity (Wildman–Crippen MR) is 178 cm³/mol. The van der Waals surface area contributed by atoms with Crippen LogP contribution in [0.4, 0.5) is 5.69 Å². The summed E-state index contributed by atoms with van der Waals surface area (Å²) >= 11 is 2.02. The van der Waals surface area contributed by atoms with Gasteiger partial charge in [-0.25, -0.2) is 0 Å². The van der Waals surface area contributed by atoms with Crippen molar-refractivity contribution < 1.29 is 9.90 Å². The SMILES string of the molecule is CCN(c1cc(-c2ccc(CN3CCC(O)CC3)cc2)cc(C(=O)NCc2c(C)cc(C)[nH]c2=O)c1C)C1CCSCC1. The number of aromatic amines is 1. The number of nitrogens with one attached hydrogen (secondary N) is 2. The second-order valence-corrected chi connectivity index (χ2v) is 13.4. The number of H-pyrrole nitrogens is 1. The van der Waals surface area contributed by atoms with Gasteiger partial charge >= 0.3 is 0 Å². The molecule has 0 unspecified atom stereocenters. The number of thioether (sulfide) groups is 1. The number of aliphatic hydroxyl groups excluding tert-OH is 1. The lowest BCUT2D eigenvalue weighted by Gasteiger charge is -2.37. The van der Waals surface area contributed by atoms with E-state index in [0.29, 0.717) is 17.2 Å². The van der Waals surface area contributed by atoms with Gasteiger partial charge in [0, 0.05) is 61.3 Å². The number of nitrogens with zero attached hydrogens (tertiary/aromatic N) is 2. The van der Waals surface area contributed by atoms with Gasteiger partial charge < -0.3 is 20.3 Å². The number of anilines is 1. The molecule has 0 atom stereocenters. The number of hydrogen-bond donors (Lipinski definition) is 3. The normalized spacial score (nSPS) is 16.8. The topological polar surface area (TPSA) is 88.7 Å². The van der Waals surface area contributed by atoms with Gasteiger partial charge in [0.25, 0.3) is 11.5 Å². The molecule has 43 heavy (non-hydrogen) atoms. The summed E-state index contributed by atoms with van der Waals surface area (Å²) in [5.74, 6) is 2.16. The van der Waals surface area contributed by atoms with Crippen LogP contribution in [-0.4, -0.2) is 64.2 Å². The van der Waals surface area contributed by atoms with Gasteiger partial charge in [-0.05, 0) is 111 Å². The molecule has 8 heteroatoms. The number of carbonyl (C=O) groups is 1. The largest absolute Gasteiger partial charge is 0.393 e. The van der Waals surface area contributed by atoms with Crippen LogP contribution in [0.3, 0.4) is 0 Å². The van der Waals surface area contributed by atoms with E-state index in [9.17, 15) is 14.7 Å². The molecule has 2 aliphatic heterocycles. The summed E-state index contributed by atoms with van der Waals surface area (Å²) in [6.07, 6.45) is 3.78. The summed E-state index contributed by atoms with van der Waals surface area (Å²) in [7, 11) is 0. The number of rotatable bonds is 9. The van der Waals surface area contributed by atoms with E-state index >= 15 is 0 Å². The van der Waals surface area contributed by atoms with Gasteiger partial charge in [0.15, 0.2) is 0 Å². The highest BCUT2D eigenvalue weighted by Crippen LogP contribution is 2.35. The van der Waals surface area contributed by atoms with E-state index in [1.165, 1.54) is 5.56 Å². The average molecular weight is 603 g/mol. The molecule has 0 bridgehead atoms. The molecule has 0 saturated carbocycles. The van der Waals surface area contributed by atoms with Gasteiger partial charge in [-0.2, -0.15) is 11.8 Å². The van der Waals surface area contributed by atoms with Crippen molar-refractivity contribution in [1.82, 2.24) is 15.2 Å². The van der Waals surface area contributed by atoms with Crippen molar-refractivity contribution in [2.45, 2.75) is 78.6 Å². The van der Waals surface area contributed by atoms with E-state index in [2.05, 4.69) is 64.3 Å². The zero-order chi connectivity index (χ0) is 30.5. The summed E-state index contributed by atoms with van der Waals surface area (Å²) in [5.41, 5.74) is 8.20. The molecular weight excluding hydrogens is 556 g/mol. The highest BCUT2D eigenvalue weighted by Gasteiger charge is 2.25. The lowest BCUT2D eigenvalue weighted by molar-refractivity contribution is 0.0792. The molecule has 7 nitrogen and oxygen atoms in total. The van der Waals surface area contributed by atoms with Crippen molar-refractivity contribution in [3.63, 3.8) is 0 Å². The smallest absolute Gasteiger partial charge is 0.253 e. The number of pyridine rings is 1. The summed E-state index contributed by atoms with van der Waals surface area (Å²) < 4.78 is 0. The maximum Gasteiger partial charge on any atom is 0.253 e. The quantitative estimate of drug-likeness (QED) is 0.297. The minimum Gasteiger partial charge on any atom is -0.393 e. The molecule has 5 rings (SSSR count). The molecule has 1 amide bonds. The molecule has 2 fully saturated rings. The van der Waals surface area contributed by atoms with Crippen LogP contribution in [0, 0.1) is 20.8 Å². The molecule has 0 spiro atoms. The number of amides is 1. The van der Waals surface area contributed by atoms with Gasteiger partial charge in [-0.3, -0.25) is 14.5 Å². The Morgan fingerprint density at radius 1 is 1.02 bits per heavy atom.